The second-order valence-corrected chi connectivity index (χ2v) is 4.98. The van der Waals surface area contributed by atoms with E-state index in [-0.39, 0.29) is 0 Å². The van der Waals surface area contributed by atoms with Gasteiger partial charge in [-0.05, 0) is 47.0 Å². The first-order chi connectivity index (χ1) is 7.59. The third kappa shape index (κ3) is 4.09. The molecular formula is C12H24N4. The Morgan fingerprint density at radius 2 is 2.06 bits per heavy atom. The Morgan fingerprint density at radius 1 is 1.44 bits per heavy atom. The monoisotopic (exact) mass is 224 g/mol. The van der Waals surface area contributed by atoms with Crippen molar-refractivity contribution in [1.29, 1.82) is 5.26 Å². The summed E-state index contributed by atoms with van der Waals surface area (Å²) in [5, 5.41) is 12.1. The van der Waals surface area contributed by atoms with Crippen LogP contribution in [0.5, 0.6) is 0 Å². The molecule has 1 heterocycles. The lowest BCUT2D eigenvalue weighted by molar-refractivity contribution is 0.226. The Kier molecular flexibility index (Phi) is 5.20. The van der Waals surface area contributed by atoms with Crippen LogP contribution in [0.3, 0.4) is 0 Å². The Balaban J connectivity index is 2.24. The van der Waals surface area contributed by atoms with Crippen molar-refractivity contribution in [2.75, 3.05) is 46.8 Å². The van der Waals surface area contributed by atoms with Gasteiger partial charge in [0.25, 0.3) is 0 Å². The van der Waals surface area contributed by atoms with Crippen molar-refractivity contribution >= 4 is 0 Å². The fraction of sp³-hybridized carbons (Fsp3) is 0.917. The number of hydrogen-bond donors (Lipinski definition) is 1. The molecule has 16 heavy (non-hydrogen) atoms. The third-order valence-corrected chi connectivity index (χ3v) is 3.38. The van der Waals surface area contributed by atoms with Crippen LogP contribution in [-0.4, -0.2) is 62.2 Å². The molecule has 1 unspecified atom stereocenters. The predicted octanol–water partition coefficient (Wildman–Crippen LogP) is 0.516. The van der Waals surface area contributed by atoms with Crippen LogP contribution < -0.4 is 5.32 Å². The number of nitriles is 1. The molecule has 0 aromatic carbocycles. The lowest BCUT2D eigenvalue weighted by Crippen LogP contribution is -2.48. The summed E-state index contributed by atoms with van der Waals surface area (Å²) in [5.41, 5.74) is -0.431. The van der Waals surface area contributed by atoms with E-state index in [4.69, 9.17) is 5.26 Å². The van der Waals surface area contributed by atoms with Gasteiger partial charge in [-0.1, -0.05) is 0 Å². The van der Waals surface area contributed by atoms with E-state index in [9.17, 15) is 0 Å². The highest BCUT2D eigenvalue weighted by molar-refractivity contribution is 5.04. The summed E-state index contributed by atoms with van der Waals surface area (Å²) in [5.74, 6) is 0. The highest BCUT2D eigenvalue weighted by Crippen LogP contribution is 2.07. The molecule has 0 aromatic rings. The van der Waals surface area contributed by atoms with Crippen LogP contribution in [-0.2, 0) is 0 Å². The number of nitrogens with one attached hydrogen (secondary N) is 1. The molecule has 0 saturated carbocycles. The van der Waals surface area contributed by atoms with Crippen molar-refractivity contribution in [3.8, 4) is 6.07 Å². The number of rotatable bonds is 6. The Labute approximate surface area is 99.2 Å². The van der Waals surface area contributed by atoms with Gasteiger partial charge in [0.15, 0.2) is 0 Å². The van der Waals surface area contributed by atoms with Gasteiger partial charge in [0, 0.05) is 19.6 Å². The number of likely N-dealkylation sites (tertiary alicyclic amines) is 1. The molecule has 4 nitrogen and oxygen atoms in total. The summed E-state index contributed by atoms with van der Waals surface area (Å²) in [6, 6.07) is 2.32. The predicted molar refractivity (Wildman–Crippen MR) is 66.2 cm³/mol. The molecule has 1 N–H and O–H groups in total. The second kappa shape index (κ2) is 6.19. The van der Waals surface area contributed by atoms with Crippen LogP contribution >= 0.6 is 0 Å². The van der Waals surface area contributed by atoms with Gasteiger partial charge in [0.1, 0.15) is 5.54 Å². The van der Waals surface area contributed by atoms with E-state index in [2.05, 4.69) is 28.2 Å². The molecule has 0 radical (unpaired) electrons. The zero-order chi connectivity index (χ0) is 12.0. The van der Waals surface area contributed by atoms with Gasteiger partial charge in [-0.25, -0.2) is 0 Å². The van der Waals surface area contributed by atoms with Gasteiger partial charge >= 0.3 is 0 Å². The molecule has 0 aromatic heterocycles. The second-order valence-electron chi connectivity index (χ2n) is 4.98. The lowest BCUT2D eigenvalue weighted by Gasteiger charge is -2.28. The van der Waals surface area contributed by atoms with Gasteiger partial charge in [0.2, 0.25) is 0 Å². The van der Waals surface area contributed by atoms with Crippen molar-refractivity contribution in [2.24, 2.45) is 0 Å². The Hall–Kier alpha value is -0.630. The van der Waals surface area contributed by atoms with E-state index in [1.165, 1.54) is 25.9 Å². The molecule has 1 fully saturated rings. The largest absolute Gasteiger partial charge is 0.302 e. The van der Waals surface area contributed by atoms with Crippen molar-refractivity contribution < 1.29 is 0 Å². The molecule has 1 rings (SSSR count). The van der Waals surface area contributed by atoms with Crippen LogP contribution in [0.1, 0.15) is 19.8 Å². The maximum Gasteiger partial charge on any atom is 0.116 e. The standard InChI is InChI=1S/C12H24N4/c1-12(10-13,14-2)11-15(3)8-9-16-6-4-5-7-16/h14H,4-9,11H2,1-3H3. The fourth-order valence-electron chi connectivity index (χ4n) is 2.11. The van der Waals surface area contributed by atoms with Gasteiger partial charge in [-0.15, -0.1) is 0 Å². The normalized spacial score (nSPS) is 20.9. The summed E-state index contributed by atoms with van der Waals surface area (Å²) >= 11 is 0. The molecule has 1 aliphatic heterocycles. The molecule has 4 heteroatoms. The minimum absolute atomic E-state index is 0.431. The minimum Gasteiger partial charge on any atom is -0.302 e. The van der Waals surface area contributed by atoms with Gasteiger partial charge in [0.05, 0.1) is 6.07 Å². The maximum absolute atomic E-state index is 9.06. The Morgan fingerprint density at radius 3 is 2.56 bits per heavy atom. The molecule has 0 spiro atoms. The fourth-order valence-corrected chi connectivity index (χ4v) is 2.11. The van der Waals surface area contributed by atoms with Crippen LogP contribution in [0.2, 0.25) is 0 Å². The summed E-state index contributed by atoms with van der Waals surface area (Å²) in [7, 11) is 3.93. The van der Waals surface area contributed by atoms with E-state index in [0.29, 0.717) is 0 Å². The first-order valence-electron chi connectivity index (χ1n) is 6.11. The van der Waals surface area contributed by atoms with E-state index < -0.39 is 5.54 Å². The summed E-state index contributed by atoms with van der Waals surface area (Å²) in [6.07, 6.45) is 2.69. The summed E-state index contributed by atoms with van der Waals surface area (Å²) in [6.45, 7) is 7.37. The number of hydrogen-bond acceptors (Lipinski definition) is 4. The van der Waals surface area contributed by atoms with Crippen LogP contribution in [0, 0.1) is 11.3 Å². The van der Waals surface area contributed by atoms with E-state index >= 15 is 0 Å². The quantitative estimate of drug-likeness (QED) is 0.714. The van der Waals surface area contributed by atoms with Crippen molar-refractivity contribution in [2.45, 2.75) is 25.3 Å². The van der Waals surface area contributed by atoms with Gasteiger partial charge in [-0.3, -0.25) is 0 Å². The molecule has 1 aliphatic rings. The molecule has 0 amide bonds. The first kappa shape index (κ1) is 13.4. The molecular weight excluding hydrogens is 200 g/mol. The molecule has 92 valence electrons. The van der Waals surface area contributed by atoms with E-state index in [0.717, 1.165) is 19.6 Å². The van der Waals surface area contributed by atoms with Crippen LogP contribution in [0.4, 0.5) is 0 Å². The van der Waals surface area contributed by atoms with E-state index in [1.807, 2.05) is 14.0 Å². The van der Waals surface area contributed by atoms with Crippen molar-refractivity contribution in [3.63, 3.8) is 0 Å². The highest BCUT2D eigenvalue weighted by Gasteiger charge is 2.23. The lowest BCUT2D eigenvalue weighted by atomic mass is 10.1. The minimum atomic E-state index is -0.431. The summed E-state index contributed by atoms with van der Waals surface area (Å²) < 4.78 is 0. The molecule has 0 aliphatic carbocycles. The zero-order valence-electron chi connectivity index (χ0n) is 10.8. The highest BCUT2D eigenvalue weighted by atomic mass is 15.2. The molecule has 1 atom stereocenters. The molecule has 0 bridgehead atoms. The van der Waals surface area contributed by atoms with Gasteiger partial charge < -0.3 is 15.1 Å². The smallest absolute Gasteiger partial charge is 0.116 e. The average molecular weight is 224 g/mol. The average Bonchev–Trinajstić information content (AvgIpc) is 2.79. The molecule has 1 saturated heterocycles. The van der Waals surface area contributed by atoms with E-state index in [1.54, 1.807) is 0 Å². The SMILES string of the molecule is CNC(C)(C#N)CN(C)CCN1CCCC1. The zero-order valence-corrected chi connectivity index (χ0v) is 10.8. The number of nitrogens with zero attached hydrogens (tertiary/aromatic N) is 3. The van der Waals surface area contributed by atoms with Crippen LogP contribution in [0.15, 0.2) is 0 Å². The topological polar surface area (TPSA) is 42.3 Å². The van der Waals surface area contributed by atoms with Gasteiger partial charge in [-0.2, -0.15) is 5.26 Å². The van der Waals surface area contributed by atoms with Crippen LogP contribution in [0.25, 0.3) is 0 Å². The van der Waals surface area contributed by atoms with Crippen molar-refractivity contribution in [3.05, 3.63) is 0 Å². The first-order valence-corrected chi connectivity index (χ1v) is 6.11. The van der Waals surface area contributed by atoms with Crippen molar-refractivity contribution in [1.82, 2.24) is 15.1 Å². The maximum atomic E-state index is 9.06. The third-order valence-electron chi connectivity index (χ3n) is 3.38. The number of likely N-dealkylation sites (N-methyl/N-ethyl adjacent to an activating group) is 2. The Bertz CT molecular complexity index is 242. The summed E-state index contributed by atoms with van der Waals surface area (Å²) in [4.78, 5) is 4.73.